The second-order valence-corrected chi connectivity index (χ2v) is 6.41. The van der Waals surface area contributed by atoms with Crippen LogP contribution < -0.4 is 5.32 Å². The Labute approximate surface area is 120 Å². The van der Waals surface area contributed by atoms with Crippen molar-refractivity contribution in [2.75, 3.05) is 13.1 Å². The summed E-state index contributed by atoms with van der Waals surface area (Å²) in [5, 5.41) is 4.87. The maximum absolute atomic E-state index is 6.15. The molecule has 2 rings (SSSR count). The molecular weight excluding hydrogens is 265 g/mol. The average Bonchev–Trinajstić information content (AvgIpc) is 2.30. The molecule has 1 aliphatic carbocycles. The maximum atomic E-state index is 6.15. The number of benzene rings is 1. The van der Waals surface area contributed by atoms with Gasteiger partial charge in [-0.05, 0) is 49.4 Å². The third kappa shape index (κ3) is 2.84. The zero-order chi connectivity index (χ0) is 13.2. The SMILES string of the molecule is CCCNCC1(c2ccc(Cl)c(Cl)c2)CC(C)C1. The average molecular weight is 286 g/mol. The van der Waals surface area contributed by atoms with Crippen LogP contribution in [0.2, 0.25) is 10.0 Å². The molecule has 0 radical (unpaired) electrons. The first-order valence-electron chi connectivity index (χ1n) is 6.73. The van der Waals surface area contributed by atoms with Crippen LogP contribution in [0.15, 0.2) is 18.2 Å². The summed E-state index contributed by atoms with van der Waals surface area (Å²) in [6.45, 7) is 6.64. The van der Waals surface area contributed by atoms with Crippen LogP contribution in [-0.2, 0) is 5.41 Å². The fourth-order valence-electron chi connectivity index (χ4n) is 3.09. The standard InChI is InChI=1S/C15H21Cl2N/c1-3-6-18-10-15(8-11(2)9-15)12-4-5-13(16)14(17)7-12/h4-5,7,11,18H,3,6,8-10H2,1-2H3. The molecule has 0 unspecified atom stereocenters. The zero-order valence-corrected chi connectivity index (χ0v) is 12.6. The van der Waals surface area contributed by atoms with Crippen molar-refractivity contribution in [3.63, 3.8) is 0 Å². The summed E-state index contributed by atoms with van der Waals surface area (Å²) in [7, 11) is 0. The highest BCUT2D eigenvalue weighted by molar-refractivity contribution is 6.42. The lowest BCUT2D eigenvalue weighted by atomic mass is 9.59. The molecule has 1 N–H and O–H groups in total. The second-order valence-electron chi connectivity index (χ2n) is 5.60. The normalized spacial score (nSPS) is 27.0. The van der Waals surface area contributed by atoms with E-state index in [1.807, 2.05) is 12.1 Å². The lowest BCUT2D eigenvalue weighted by Crippen LogP contribution is -2.48. The Morgan fingerprint density at radius 1 is 1.28 bits per heavy atom. The Kier molecular flexibility index (Phi) is 4.58. The number of nitrogens with one attached hydrogen (secondary N) is 1. The van der Waals surface area contributed by atoms with Crippen LogP contribution in [0, 0.1) is 5.92 Å². The van der Waals surface area contributed by atoms with Gasteiger partial charge in [-0.25, -0.2) is 0 Å². The molecule has 100 valence electrons. The maximum Gasteiger partial charge on any atom is 0.0595 e. The summed E-state index contributed by atoms with van der Waals surface area (Å²) in [6, 6.07) is 6.10. The van der Waals surface area contributed by atoms with Crippen LogP contribution in [0.5, 0.6) is 0 Å². The molecule has 0 bridgehead atoms. The van der Waals surface area contributed by atoms with Gasteiger partial charge in [0.15, 0.2) is 0 Å². The van der Waals surface area contributed by atoms with E-state index in [9.17, 15) is 0 Å². The molecule has 1 saturated carbocycles. The van der Waals surface area contributed by atoms with Gasteiger partial charge in [-0.15, -0.1) is 0 Å². The van der Waals surface area contributed by atoms with Crippen LogP contribution in [0.4, 0.5) is 0 Å². The van der Waals surface area contributed by atoms with Gasteiger partial charge in [0.1, 0.15) is 0 Å². The van der Waals surface area contributed by atoms with Gasteiger partial charge in [0.05, 0.1) is 10.0 Å². The summed E-state index contributed by atoms with van der Waals surface area (Å²) < 4.78 is 0. The summed E-state index contributed by atoms with van der Waals surface area (Å²) in [5.41, 5.74) is 1.60. The summed E-state index contributed by atoms with van der Waals surface area (Å²) in [4.78, 5) is 0. The highest BCUT2D eigenvalue weighted by Gasteiger charge is 2.43. The van der Waals surface area contributed by atoms with E-state index in [1.54, 1.807) is 0 Å². The second kappa shape index (κ2) is 5.81. The molecule has 0 aromatic heterocycles. The van der Waals surface area contributed by atoms with Crippen LogP contribution in [0.3, 0.4) is 0 Å². The highest BCUT2D eigenvalue weighted by Crippen LogP contribution is 2.48. The quantitative estimate of drug-likeness (QED) is 0.776. The van der Waals surface area contributed by atoms with Gasteiger partial charge in [0.25, 0.3) is 0 Å². The molecule has 0 saturated heterocycles. The van der Waals surface area contributed by atoms with Gasteiger partial charge in [-0.1, -0.05) is 43.1 Å². The molecule has 18 heavy (non-hydrogen) atoms. The van der Waals surface area contributed by atoms with E-state index in [0.717, 1.165) is 19.0 Å². The van der Waals surface area contributed by atoms with Crippen LogP contribution in [-0.4, -0.2) is 13.1 Å². The highest BCUT2D eigenvalue weighted by atomic mass is 35.5. The first-order valence-corrected chi connectivity index (χ1v) is 7.49. The summed E-state index contributed by atoms with van der Waals surface area (Å²) >= 11 is 12.1. The molecule has 0 amide bonds. The largest absolute Gasteiger partial charge is 0.316 e. The Bertz CT molecular complexity index is 411. The van der Waals surface area contributed by atoms with E-state index in [1.165, 1.54) is 24.8 Å². The van der Waals surface area contributed by atoms with Crippen molar-refractivity contribution in [1.29, 1.82) is 0 Å². The van der Waals surface area contributed by atoms with Crippen LogP contribution in [0.1, 0.15) is 38.7 Å². The number of hydrogen-bond donors (Lipinski definition) is 1. The van der Waals surface area contributed by atoms with E-state index < -0.39 is 0 Å². The number of hydrogen-bond acceptors (Lipinski definition) is 1. The predicted molar refractivity (Wildman–Crippen MR) is 79.7 cm³/mol. The molecule has 1 aliphatic rings. The van der Waals surface area contributed by atoms with Gasteiger partial charge in [-0.2, -0.15) is 0 Å². The van der Waals surface area contributed by atoms with Gasteiger partial charge >= 0.3 is 0 Å². The summed E-state index contributed by atoms with van der Waals surface area (Å²) in [5.74, 6) is 0.808. The minimum atomic E-state index is 0.267. The smallest absolute Gasteiger partial charge is 0.0595 e. The fourth-order valence-corrected chi connectivity index (χ4v) is 3.38. The van der Waals surface area contributed by atoms with Crippen molar-refractivity contribution in [3.8, 4) is 0 Å². The zero-order valence-electron chi connectivity index (χ0n) is 11.1. The van der Waals surface area contributed by atoms with E-state index in [0.29, 0.717) is 10.0 Å². The van der Waals surface area contributed by atoms with Gasteiger partial charge in [-0.3, -0.25) is 0 Å². The van der Waals surface area contributed by atoms with Gasteiger partial charge in [0, 0.05) is 12.0 Å². The molecule has 0 aliphatic heterocycles. The first-order chi connectivity index (χ1) is 8.57. The van der Waals surface area contributed by atoms with Crippen molar-refractivity contribution in [1.82, 2.24) is 5.32 Å². The summed E-state index contributed by atoms with van der Waals surface area (Å²) in [6.07, 6.45) is 3.65. The van der Waals surface area contributed by atoms with Crippen LogP contribution >= 0.6 is 23.2 Å². The van der Waals surface area contributed by atoms with Crippen molar-refractivity contribution in [3.05, 3.63) is 33.8 Å². The molecule has 1 fully saturated rings. The molecular formula is C15H21Cl2N. The molecule has 1 nitrogen and oxygen atoms in total. The van der Waals surface area contributed by atoms with Crippen molar-refractivity contribution in [2.24, 2.45) is 5.92 Å². The van der Waals surface area contributed by atoms with Crippen molar-refractivity contribution in [2.45, 2.75) is 38.5 Å². The molecule has 0 heterocycles. The first kappa shape index (κ1) is 14.2. The van der Waals surface area contributed by atoms with E-state index in [-0.39, 0.29) is 5.41 Å². The molecule has 0 atom stereocenters. The number of halogens is 2. The van der Waals surface area contributed by atoms with Crippen molar-refractivity contribution < 1.29 is 0 Å². The molecule has 1 aromatic carbocycles. The molecule has 1 aromatic rings. The Morgan fingerprint density at radius 3 is 2.56 bits per heavy atom. The number of rotatable bonds is 5. The fraction of sp³-hybridized carbons (Fsp3) is 0.600. The Hall–Kier alpha value is -0.240. The van der Waals surface area contributed by atoms with Gasteiger partial charge in [0.2, 0.25) is 0 Å². The predicted octanol–water partition coefficient (Wildman–Crippen LogP) is 4.66. The topological polar surface area (TPSA) is 12.0 Å². The molecule has 3 heteroatoms. The van der Waals surface area contributed by atoms with Crippen molar-refractivity contribution >= 4 is 23.2 Å². The lowest BCUT2D eigenvalue weighted by Gasteiger charge is -2.47. The van der Waals surface area contributed by atoms with Gasteiger partial charge < -0.3 is 5.32 Å². The third-order valence-corrected chi connectivity index (χ3v) is 4.64. The molecule has 0 spiro atoms. The Morgan fingerprint density at radius 2 is 2.00 bits per heavy atom. The minimum absolute atomic E-state index is 0.267. The third-order valence-electron chi connectivity index (χ3n) is 3.90. The van der Waals surface area contributed by atoms with E-state index >= 15 is 0 Å². The lowest BCUT2D eigenvalue weighted by molar-refractivity contribution is 0.153. The van der Waals surface area contributed by atoms with E-state index in [2.05, 4.69) is 25.2 Å². The van der Waals surface area contributed by atoms with Crippen LogP contribution in [0.25, 0.3) is 0 Å². The monoisotopic (exact) mass is 285 g/mol. The minimum Gasteiger partial charge on any atom is -0.316 e. The Balaban J connectivity index is 2.16. The van der Waals surface area contributed by atoms with E-state index in [4.69, 9.17) is 23.2 Å².